The topological polar surface area (TPSA) is 73.9 Å². The highest BCUT2D eigenvalue weighted by Crippen LogP contribution is 2.23. The summed E-state index contributed by atoms with van der Waals surface area (Å²) in [5.74, 6) is 0.792. The molecule has 2 rings (SSSR count). The third kappa shape index (κ3) is 6.82. The zero-order chi connectivity index (χ0) is 21.4. The Hall–Kier alpha value is -3.02. The Balaban J connectivity index is 2.18. The van der Waals surface area contributed by atoms with E-state index in [4.69, 9.17) is 14.2 Å². The molecule has 2 aromatic carbocycles. The van der Waals surface area contributed by atoms with Crippen molar-refractivity contribution in [3.8, 4) is 11.5 Å². The molecule has 1 amide bonds. The van der Waals surface area contributed by atoms with E-state index in [0.717, 1.165) is 16.7 Å². The standard InChI is InChI=1S/C23H29NO5/c1-15(2)29-23(26)14-20(17-7-9-19(27-4)10-8-17)24-22(25)13-18-12-16(3)6-11-21(18)28-5/h6-12,15,20H,13-14H2,1-5H3,(H,24,25). The largest absolute Gasteiger partial charge is 0.497 e. The number of aryl methyl sites for hydroxylation is 1. The molecule has 0 aliphatic carbocycles. The van der Waals surface area contributed by atoms with Crippen LogP contribution in [0.15, 0.2) is 42.5 Å². The third-order valence-electron chi connectivity index (χ3n) is 4.38. The molecule has 156 valence electrons. The number of rotatable bonds is 9. The molecule has 2 aromatic rings. The number of hydrogen-bond donors (Lipinski definition) is 1. The van der Waals surface area contributed by atoms with Crippen LogP contribution in [0, 0.1) is 6.92 Å². The molecule has 0 bridgehead atoms. The van der Waals surface area contributed by atoms with Gasteiger partial charge in [0.25, 0.3) is 0 Å². The predicted molar refractivity (Wildman–Crippen MR) is 111 cm³/mol. The molecule has 1 unspecified atom stereocenters. The van der Waals surface area contributed by atoms with E-state index in [2.05, 4.69) is 5.32 Å². The first kappa shape index (κ1) is 22.3. The van der Waals surface area contributed by atoms with Gasteiger partial charge < -0.3 is 19.5 Å². The van der Waals surface area contributed by atoms with Gasteiger partial charge in [-0.3, -0.25) is 9.59 Å². The van der Waals surface area contributed by atoms with Crippen LogP contribution in [0.5, 0.6) is 11.5 Å². The summed E-state index contributed by atoms with van der Waals surface area (Å²) in [7, 11) is 3.16. The summed E-state index contributed by atoms with van der Waals surface area (Å²) in [6.45, 7) is 5.55. The Morgan fingerprint density at radius 1 is 1.00 bits per heavy atom. The number of esters is 1. The number of benzene rings is 2. The monoisotopic (exact) mass is 399 g/mol. The van der Waals surface area contributed by atoms with Gasteiger partial charge in [0, 0.05) is 5.56 Å². The fourth-order valence-electron chi connectivity index (χ4n) is 3.03. The number of carbonyl (C=O) groups excluding carboxylic acids is 2. The average molecular weight is 399 g/mol. The third-order valence-corrected chi connectivity index (χ3v) is 4.38. The Bertz CT molecular complexity index is 830. The van der Waals surface area contributed by atoms with E-state index in [9.17, 15) is 9.59 Å². The van der Waals surface area contributed by atoms with Crippen molar-refractivity contribution in [3.05, 3.63) is 59.2 Å². The first-order chi connectivity index (χ1) is 13.8. The first-order valence-corrected chi connectivity index (χ1v) is 9.58. The van der Waals surface area contributed by atoms with Crippen molar-refractivity contribution < 1.29 is 23.8 Å². The number of carbonyl (C=O) groups is 2. The quantitative estimate of drug-likeness (QED) is 0.650. The minimum absolute atomic E-state index is 0.0429. The van der Waals surface area contributed by atoms with Crippen molar-refractivity contribution in [2.24, 2.45) is 0 Å². The highest BCUT2D eigenvalue weighted by atomic mass is 16.5. The molecule has 1 atom stereocenters. The molecule has 0 aliphatic heterocycles. The van der Waals surface area contributed by atoms with Crippen LogP contribution in [0.4, 0.5) is 0 Å². The lowest BCUT2D eigenvalue weighted by molar-refractivity contribution is -0.148. The molecule has 1 N–H and O–H groups in total. The normalized spacial score (nSPS) is 11.7. The summed E-state index contributed by atoms with van der Waals surface area (Å²) in [5, 5.41) is 2.96. The van der Waals surface area contributed by atoms with Gasteiger partial charge in [0.1, 0.15) is 11.5 Å². The zero-order valence-electron chi connectivity index (χ0n) is 17.7. The average Bonchev–Trinajstić information content (AvgIpc) is 2.67. The SMILES string of the molecule is COc1ccc(C(CC(=O)OC(C)C)NC(=O)Cc2cc(C)ccc2OC)cc1. The summed E-state index contributed by atoms with van der Waals surface area (Å²) < 4.78 is 15.8. The van der Waals surface area contributed by atoms with Gasteiger partial charge in [0.2, 0.25) is 5.91 Å². The minimum Gasteiger partial charge on any atom is -0.497 e. The summed E-state index contributed by atoms with van der Waals surface area (Å²) in [4.78, 5) is 25.0. The smallest absolute Gasteiger partial charge is 0.308 e. The van der Waals surface area contributed by atoms with Gasteiger partial charge in [-0.1, -0.05) is 29.8 Å². The molecule has 0 aromatic heterocycles. The lowest BCUT2D eigenvalue weighted by atomic mass is 10.0. The maximum atomic E-state index is 12.8. The molecule has 29 heavy (non-hydrogen) atoms. The number of nitrogens with one attached hydrogen (secondary N) is 1. The van der Waals surface area contributed by atoms with Crippen molar-refractivity contribution >= 4 is 11.9 Å². The fraction of sp³-hybridized carbons (Fsp3) is 0.391. The summed E-state index contributed by atoms with van der Waals surface area (Å²) in [5.41, 5.74) is 2.64. The molecule has 6 nitrogen and oxygen atoms in total. The van der Waals surface area contributed by atoms with E-state index >= 15 is 0 Å². The van der Waals surface area contributed by atoms with Crippen molar-refractivity contribution in [1.29, 1.82) is 0 Å². The number of amides is 1. The molecule has 0 aliphatic rings. The Morgan fingerprint density at radius 2 is 1.69 bits per heavy atom. The Kier molecular flexibility index (Phi) is 8.07. The highest BCUT2D eigenvalue weighted by molar-refractivity contribution is 5.81. The molecule has 0 saturated heterocycles. The van der Waals surface area contributed by atoms with Gasteiger partial charge in [-0.25, -0.2) is 0 Å². The number of methoxy groups -OCH3 is 2. The van der Waals surface area contributed by atoms with Crippen LogP contribution in [-0.4, -0.2) is 32.2 Å². The van der Waals surface area contributed by atoms with Crippen molar-refractivity contribution in [1.82, 2.24) is 5.32 Å². The van der Waals surface area contributed by atoms with Crippen molar-refractivity contribution in [2.75, 3.05) is 14.2 Å². The van der Waals surface area contributed by atoms with E-state index in [1.807, 2.05) is 37.3 Å². The van der Waals surface area contributed by atoms with E-state index in [1.165, 1.54) is 0 Å². The summed E-state index contributed by atoms with van der Waals surface area (Å²) >= 11 is 0. The van der Waals surface area contributed by atoms with Crippen LogP contribution in [0.1, 0.15) is 43.0 Å². The highest BCUT2D eigenvalue weighted by Gasteiger charge is 2.21. The van der Waals surface area contributed by atoms with Gasteiger partial charge >= 0.3 is 5.97 Å². The van der Waals surface area contributed by atoms with Crippen LogP contribution < -0.4 is 14.8 Å². The van der Waals surface area contributed by atoms with Crippen LogP contribution >= 0.6 is 0 Å². The van der Waals surface area contributed by atoms with Gasteiger partial charge in [0.15, 0.2) is 0 Å². The van der Waals surface area contributed by atoms with Crippen LogP contribution in [0.2, 0.25) is 0 Å². The van der Waals surface area contributed by atoms with Crippen LogP contribution in [-0.2, 0) is 20.7 Å². The maximum Gasteiger partial charge on any atom is 0.308 e. The molecule has 6 heteroatoms. The van der Waals surface area contributed by atoms with Gasteiger partial charge in [-0.15, -0.1) is 0 Å². The van der Waals surface area contributed by atoms with E-state index in [0.29, 0.717) is 11.5 Å². The zero-order valence-corrected chi connectivity index (χ0v) is 17.7. The molecule has 0 saturated carbocycles. The summed E-state index contributed by atoms with van der Waals surface area (Å²) in [6.07, 6.45) is -0.0240. The molecule has 0 spiro atoms. The van der Waals surface area contributed by atoms with Gasteiger partial charge in [0.05, 0.1) is 39.2 Å². The minimum atomic E-state index is -0.504. The van der Waals surface area contributed by atoms with E-state index in [1.54, 1.807) is 40.2 Å². The molecule has 0 heterocycles. The first-order valence-electron chi connectivity index (χ1n) is 9.58. The maximum absolute atomic E-state index is 12.8. The second-order valence-corrected chi connectivity index (χ2v) is 7.13. The molecule has 0 fully saturated rings. The number of hydrogen-bond acceptors (Lipinski definition) is 5. The van der Waals surface area contributed by atoms with Gasteiger partial charge in [-0.05, 0) is 44.5 Å². The summed E-state index contributed by atoms with van der Waals surface area (Å²) in [6, 6.07) is 12.5. The fourth-order valence-corrected chi connectivity index (χ4v) is 3.03. The second kappa shape index (κ2) is 10.5. The lowest BCUT2D eigenvalue weighted by Crippen LogP contribution is -2.32. The van der Waals surface area contributed by atoms with Crippen LogP contribution in [0.25, 0.3) is 0 Å². The van der Waals surface area contributed by atoms with Crippen molar-refractivity contribution in [3.63, 3.8) is 0 Å². The number of ether oxygens (including phenoxy) is 3. The van der Waals surface area contributed by atoms with E-state index < -0.39 is 6.04 Å². The lowest BCUT2D eigenvalue weighted by Gasteiger charge is -2.20. The van der Waals surface area contributed by atoms with Gasteiger partial charge in [-0.2, -0.15) is 0 Å². The molecule has 0 radical (unpaired) electrons. The Labute approximate surface area is 172 Å². The second-order valence-electron chi connectivity index (χ2n) is 7.13. The molecular formula is C23H29NO5. The Morgan fingerprint density at radius 3 is 2.28 bits per heavy atom. The van der Waals surface area contributed by atoms with E-state index in [-0.39, 0.29) is 30.8 Å². The van der Waals surface area contributed by atoms with Crippen LogP contribution in [0.3, 0.4) is 0 Å². The predicted octanol–water partition coefficient (Wildman–Crippen LogP) is 3.75. The molecular weight excluding hydrogens is 370 g/mol. The van der Waals surface area contributed by atoms with Crippen molar-refractivity contribution in [2.45, 2.75) is 45.8 Å².